The first kappa shape index (κ1) is 13.6. The lowest BCUT2D eigenvalue weighted by molar-refractivity contribution is 0.295. The second-order valence-electron chi connectivity index (χ2n) is 4.58. The van der Waals surface area contributed by atoms with Crippen molar-refractivity contribution in [3.05, 3.63) is 47.3 Å². The van der Waals surface area contributed by atoms with Crippen LogP contribution >= 0.6 is 0 Å². The van der Waals surface area contributed by atoms with E-state index in [9.17, 15) is 0 Å². The Balaban J connectivity index is 1.95. The number of aryl methyl sites for hydroxylation is 2. The van der Waals surface area contributed by atoms with Gasteiger partial charge < -0.3 is 10.5 Å². The van der Waals surface area contributed by atoms with E-state index in [0.29, 0.717) is 13.2 Å². The zero-order chi connectivity index (χ0) is 13.7. The maximum atomic E-state index is 5.77. The number of rotatable bonds is 6. The smallest absolute Gasteiger partial charge is 0.130 e. The second kappa shape index (κ2) is 6.38. The van der Waals surface area contributed by atoms with Gasteiger partial charge in [0.15, 0.2) is 0 Å². The standard InChI is InChI=1S/C15H21N3O/c1-3-13-10-14(18(2)17-13)11-19-15-6-4-12(5-7-15)8-9-16/h4-7,10H,3,8-9,11,16H2,1-2H3. The van der Waals surface area contributed by atoms with Gasteiger partial charge in [0.25, 0.3) is 0 Å². The molecule has 2 rings (SSSR count). The van der Waals surface area contributed by atoms with Crippen molar-refractivity contribution in [1.82, 2.24) is 9.78 Å². The first-order valence-corrected chi connectivity index (χ1v) is 6.66. The Bertz CT molecular complexity index is 517. The minimum Gasteiger partial charge on any atom is -0.487 e. The molecule has 0 spiro atoms. The molecule has 2 aromatic rings. The van der Waals surface area contributed by atoms with Crippen molar-refractivity contribution in [2.45, 2.75) is 26.4 Å². The molecular formula is C15H21N3O. The molecule has 0 aliphatic carbocycles. The SMILES string of the molecule is CCc1cc(COc2ccc(CCN)cc2)n(C)n1. The average Bonchev–Trinajstić information content (AvgIpc) is 2.79. The molecule has 1 heterocycles. The van der Waals surface area contributed by atoms with E-state index in [1.807, 2.05) is 23.9 Å². The maximum absolute atomic E-state index is 5.77. The van der Waals surface area contributed by atoms with E-state index in [-0.39, 0.29) is 0 Å². The van der Waals surface area contributed by atoms with Crippen LogP contribution in [0.3, 0.4) is 0 Å². The highest BCUT2D eigenvalue weighted by atomic mass is 16.5. The summed E-state index contributed by atoms with van der Waals surface area (Å²) in [7, 11) is 1.95. The fourth-order valence-corrected chi connectivity index (χ4v) is 1.96. The van der Waals surface area contributed by atoms with E-state index in [4.69, 9.17) is 10.5 Å². The van der Waals surface area contributed by atoms with E-state index in [1.54, 1.807) is 0 Å². The zero-order valence-corrected chi connectivity index (χ0v) is 11.6. The van der Waals surface area contributed by atoms with Gasteiger partial charge in [-0.25, -0.2) is 0 Å². The van der Waals surface area contributed by atoms with Crippen LogP contribution < -0.4 is 10.5 Å². The summed E-state index contributed by atoms with van der Waals surface area (Å²) in [6.45, 7) is 3.32. The quantitative estimate of drug-likeness (QED) is 0.864. The Morgan fingerprint density at radius 1 is 1.26 bits per heavy atom. The maximum Gasteiger partial charge on any atom is 0.130 e. The monoisotopic (exact) mass is 259 g/mol. The van der Waals surface area contributed by atoms with Crippen molar-refractivity contribution in [3.63, 3.8) is 0 Å². The van der Waals surface area contributed by atoms with Crippen molar-refractivity contribution in [2.75, 3.05) is 6.54 Å². The molecule has 0 unspecified atom stereocenters. The molecule has 0 atom stereocenters. The minimum absolute atomic E-state index is 0.541. The predicted molar refractivity (Wildman–Crippen MR) is 76.1 cm³/mol. The number of hydrogen-bond donors (Lipinski definition) is 1. The third kappa shape index (κ3) is 3.58. The van der Waals surface area contributed by atoms with Gasteiger partial charge in [0.1, 0.15) is 12.4 Å². The third-order valence-corrected chi connectivity index (χ3v) is 3.13. The second-order valence-corrected chi connectivity index (χ2v) is 4.58. The zero-order valence-electron chi connectivity index (χ0n) is 11.6. The molecule has 0 radical (unpaired) electrons. The molecule has 19 heavy (non-hydrogen) atoms. The fourth-order valence-electron chi connectivity index (χ4n) is 1.96. The molecule has 1 aromatic heterocycles. The largest absolute Gasteiger partial charge is 0.487 e. The van der Waals surface area contributed by atoms with Gasteiger partial charge in [-0.05, 0) is 43.1 Å². The molecular weight excluding hydrogens is 238 g/mol. The molecule has 0 saturated heterocycles. The molecule has 0 saturated carbocycles. The van der Waals surface area contributed by atoms with Gasteiger partial charge in [0.2, 0.25) is 0 Å². The summed E-state index contributed by atoms with van der Waals surface area (Å²) in [5.74, 6) is 0.875. The summed E-state index contributed by atoms with van der Waals surface area (Å²) in [5, 5.41) is 4.40. The highest BCUT2D eigenvalue weighted by molar-refractivity contribution is 5.27. The highest BCUT2D eigenvalue weighted by Crippen LogP contribution is 2.15. The predicted octanol–water partition coefficient (Wildman–Crippen LogP) is 2.06. The Labute approximate surface area is 114 Å². The summed E-state index contributed by atoms with van der Waals surface area (Å²) >= 11 is 0. The summed E-state index contributed by atoms with van der Waals surface area (Å²) < 4.78 is 7.65. The van der Waals surface area contributed by atoms with Crippen molar-refractivity contribution in [2.24, 2.45) is 12.8 Å². The van der Waals surface area contributed by atoms with E-state index in [2.05, 4.69) is 30.2 Å². The first-order valence-electron chi connectivity index (χ1n) is 6.66. The van der Waals surface area contributed by atoms with E-state index < -0.39 is 0 Å². The van der Waals surface area contributed by atoms with E-state index >= 15 is 0 Å². The van der Waals surface area contributed by atoms with Gasteiger partial charge in [-0.2, -0.15) is 5.10 Å². The van der Waals surface area contributed by atoms with Crippen LogP contribution in [0.4, 0.5) is 0 Å². The number of hydrogen-bond acceptors (Lipinski definition) is 3. The number of benzene rings is 1. The molecule has 1 aromatic carbocycles. The Kier molecular flexibility index (Phi) is 4.58. The molecule has 0 bridgehead atoms. The van der Waals surface area contributed by atoms with Crippen LogP contribution in [0.5, 0.6) is 5.75 Å². The lowest BCUT2D eigenvalue weighted by atomic mass is 10.1. The number of nitrogens with zero attached hydrogens (tertiary/aromatic N) is 2. The first-order chi connectivity index (χ1) is 9.22. The number of ether oxygens (including phenoxy) is 1. The molecule has 0 amide bonds. The van der Waals surface area contributed by atoms with Crippen LogP contribution in [0.15, 0.2) is 30.3 Å². The normalized spacial score (nSPS) is 10.7. The molecule has 2 N–H and O–H groups in total. The Morgan fingerprint density at radius 2 is 2.00 bits per heavy atom. The van der Waals surface area contributed by atoms with Crippen molar-refractivity contribution >= 4 is 0 Å². The van der Waals surface area contributed by atoms with Crippen LogP contribution in [-0.4, -0.2) is 16.3 Å². The molecule has 102 valence electrons. The van der Waals surface area contributed by atoms with Crippen LogP contribution in [-0.2, 0) is 26.5 Å². The van der Waals surface area contributed by atoms with Crippen molar-refractivity contribution in [1.29, 1.82) is 0 Å². The number of nitrogens with two attached hydrogens (primary N) is 1. The average molecular weight is 259 g/mol. The van der Waals surface area contributed by atoms with Gasteiger partial charge in [0, 0.05) is 7.05 Å². The van der Waals surface area contributed by atoms with Crippen LogP contribution in [0, 0.1) is 0 Å². The van der Waals surface area contributed by atoms with Gasteiger partial charge in [0.05, 0.1) is 11.4 Å². The fraction of sp³-hybridized carbons (Fsp3) is 0.400. The van der Waals surface area contributed by atoms with Gasteiger partial charge >= 0.3 is 0 Å². The van der Waals surface area contributed by atoms with Crippen LogP contribution in [0.25, 0.3) is 0 Å². The Morgan fingerprint density at radius 3 is 2.58 bits per heavy atom. The highest BCUT2D eigenvalue weighted by Gasteiger charge is 2.04. The van der Waals surface area contributed by atoms with Crippen LogP contribution in [0.1, 0.15) is 23.9 Å². The van der Waals surface area contributed by atoms with Crippen molar-refractivity contribution in [3.8, 4) is 5.75 Å². The lowest BCUT2D eigenvalue weighted by Crippen LogP contribution is -2.04. The molecule has 4 nitrogen and oxygen atoms in total. The molecule has 0 fully saturated rings. The van der Waals surface area contributed by atoms with Gasteiger partial charge in [-0.15, -0.1) is 0 Å². The summed E-state index contributed by atoms with van der Waals surface area (Å²) in [5.41, 5.74) is 8.95. The summed E-state index contributed by atoms with van der Waals surface area (Å²) in [4.78, 5) is 0. The van der Waals surface area contributed by atoms with E-state index in [0.717, 1.165) is 30.0 Å². The lowest BCUT2D eigenvalue weighted by Gasteiger charge is -2.07. The summed E-state index contributed by atoms with van der Waals surface area (Å²) in [6.07, 6.45) is 1.85. The van der Waals surface area contributed by atoms with E-state index in [1.165, 1.54) is 5.56 Å². The molecule has 0 aliphatic heterocycles. The molecule has 4 heteroatoms. The van der Waals surface area contributed by atoms with Gasteiger partial charge in [-0.1, -0.05) is 19.1 Å². The third-order valence-electron chi connectivity index (χ3n) is 3.13. The summed E-state index contributed by atoms with van der Waals surface area (Å²) in [6, 6.07) is 10.2. The Hall–Kier alpha value is -1.81. The topological polar surface area (TPSA) is 53.1 Å². The minimum atomic E-state index is 0.541. The van der Waals surface area contributed by atoms with Crippen LogP contribution in [0.2, 0.25) is 0 Å². The van der Waals surface area contributed by atoms with Gasteiger partial charge in [-0.3, -0.25) is 4.68 Å². The molecule has 0 aliphatic rings. The number of aromatic nitrogens is 2. The van der Waals surface area contributed by atoms with Crippen molar-refractivity contribution < 1.29 is 4.74 Å².